The standard InChI is InChI=1S/C30H32N2O6/c1-34-24-11-10-17(14-25(24)35-2)18-12-22-28(23(33)13-18)29(32-21-9-7-6-8-20(21)31-22)19-15-26(36-3)30(38-5)27(16-19)37-4/h6-11,14-16,18,29,31-32H,12-13H2,1-5H3. The van der Waals surface area contributed by atoms with Gasteiger partial charge in [-0.05, 0) is 59.9 Å². The predicted octanol–water partition coefficient (Wildman–Crippen LogP) is 5.71. The van der Waals surface area contributed by atoms with Crippen LogP contribution in [0.5, 0.6) is 28.7 Å². The number of anilines is 2. The molecule has 2 N–H and O–H groups in total. The number of ether oxygens (including phenoxy) is 5. The molecule has 8 heteroatoms. The third-order valence-corrected chi connectivity index (χ3v) is 7.21. The molecule has 0 fully saturated rings. The van der Waals surface area contributed by atoms with Crippen LogP contribution in [0, 0.1) is 0 Å². The second-order valence-corrected chi connectivity index (χ2v) is 9.24. The van der Waals surface area contributed by atoms with E-state index in [2.05, 4.69) is 10.6 Å². The number of rotatable bonds is 7. The highest BCUT2D eigenvalue weighted by Crippen LogP contribution is 2.47. The average molecular weight is 517 g/mol. The van der Waals surface area contributed by atoms with Gasteiger partial charge < -0.3 is 34.3 Å². The molecule has 3 aromatic rings. The maximum atomic E-state index is 13.9. The predicted molar refractivity (Wildman–Crippen MR) is 146 cm³/mol. The molecule has 198 valence electrons. The van der Waals surface area contributed by atoms with E-state index in [0.29, 0.717) is 47.2 Å². The maximum absolute atomic E-state index is 13.9. The lowest BCUT2D eigenvalue weighted by molar-refractivity contribution is -0.116. The summed E-state index contributed by atoms with van der Waals surface area (Å²) >= 11 is 0. The third kappa shape index (κ3) is 4.47. The molecule has 5 rings (SSSR count). The van der Waals surface area contributed by atoms with Gasteiger partial charge >= 0.3 is 0 Å². The first-order valence-electron chi connectivity index (χ1n) is 12.4. The maximum Gasteiger partial charge on any atom is 0.203 e. The Balaban J connectivity index is 1.62. The van der Waals surface area contributed by atoms with Gasteiger partial charge in [0.15, 0.2) is 28.8 Å². The molecular weight excluding hydrogens is 484 g/mol. The zero-order chi connectivity index (χ0) is 26.8. The molecule has 0 bridgehead atoms. The quantitative estimate of drug-likeness (QED) is 0.413. The van der Waals surface area contributed by atoms with Crippen LogP contribution in [-0.2, 0) is 4.79 Å². The van der Waals surface area contributed by atoms with Gasteiger partial charge in [0.25, 0.3) is 0 Å². The number of Topliss-reactive ketones (excluding diaryl/α,β-unsaturated/α-hetero) is 1. The number of allylic oxidation sites excluding steroid dienone is 1. The molecule has 2 aliphatic rings. The first-order valence-corrected chi connectivity index (χ1v) is 12.4. The molecule has 8 nitrogen and oxygen atoms in total. The fourth-order valence-electron chi connectivity index (χ4n) is 5.35. The van der Waals surface area contributed by atoms with Crippen LogP contribution in [-0.4, -0.2) is 41.3 Å². The van der Waals surface area contributed by atoms with Crippen molar-refractivity contribution in [3.63, 3.8) is 0 Å². The summed E-state index contributed by atoms with van der Waals surface area (Å²) in [7, 11) is 7.97. The van der Waals surface area contributed by atoms with E-state index in [9.17, 15) is 4.79 Å². The summed E-state index contributed by atoms with van der Waals surface area (Å²) in [5, 5.41) is 7.18. The van der Waals surface area contributed by atoms with E-state index >= 15 is 0 Å². The van der Waals surface area contributed by atoms with E-state index in [1.54, 1.807) is 35.5 Å². The normalized spacial score (nSPS) is 18.3. The van der Waals surface area contributed by atoms with Crippen molar-refractivity contribution in [3.8, 4) is 28.7 Å². The van der Waals surface area contributed by atoms with E-state index in [1.807, 2.05) is 54.6 Å². The lowest BCUT2D eigenvalue weighted by atomic mass is 9.78. The minimum Gasteiger partial charge on any atom is -0.493 e. The monoisotopic (exact) mass is 516 g/mol. The molecule has 1 aliphatic heterocycles. The molecule has 0 amide bonds. The molecule has 2 unspecified atom stereocenters. The largest absolute Gasteiger partial charge is 0.493 e. The van der Waals surface area contributed by atoms with Crippen molar-refractivity contribution in [3.05, 3.63) is 77.0 Å². The Labute approximate surface area is 222 Å². The van der Waals surface area contributed by atoms with Crippen LogP contribution >= 0.6 is 0 Å². The number of fused-ring (bicyclic) bond motifs is 1. The summed E-state index contributed by atoms with van der Waals surface area (Å²) in [5.41, 5.74) is 5.26. The Hall–Kier alpha value is -4.33. The smallest absolute Gasteiger partial charge is 0.203 e. The number of nitrogens with one attached hydrogen (secondary N) is 2. The number of hydrogen-bond donors (Lipinski definition) is 2. The molecule has 0 saturated heterocycles. The lowest BCUT2D eigenvalue weighted by Gasteiger charge is -2.30. The second kappa shape index (κ2) is 10.6. The van der Waals surface area contributed by atoms with Crippen LogP contribution in [0.4, 0.5) is 11.4 Å². The van der Waals surface area contributed by atoms with Crippen LogP contribution < -0.4 is 34.3 Å². The summed E-state index contributed by atoms with van der Waals surface area (Å²) in [6, 6.07) is 17.2. The van der Waals surface area contributed by atoms with Gasteiger partial charge in [-0.1, -0.05) is 18.2 Å². The fourth-order valence-corrected chi connectivity index (χ4v) is 5.35. The minimum absolute atomic E-state index is 0.0144. The summed E-state index contributed by atoms with van der Waals surface area (Å²) in [6.45, 7) is 0. The molecule has 3 aromatic carbocycles. The van der Waals surface area contributed by atoms with Crippen molar-refractivity contribution in [2.75, 3.05) is 46.2 Å². The highest BCUT2D eigenvalue weighted by atomic mass is 16.5. The highest BCUT2D eigenvalue weighted by Gasteiger charge is 2.37. The van der Waals surface area contributed by atoms with Crippen molar-refractivity contribution in [2.24, 2.45) is 0 Å². The second-order valence-electron chi connectivity index (χ2n) is 9.24. The Morgan fingerprint density at radius 1 is 0.684 bits per heavy atom. The molecule has 0 saturated carbocycles. The number of methoxy groups -OCH3 is 5. The van der Waals surface area contributed by atoms with Gasteiger partial charge in [0.05, 0.1) is 53.0 Å². The topological polar surface area (TPSA) is 87.3 Å². The zero-order valence-corrected chi connectivity index (χ0v) is 22.2. The third-order valence-electron chi connectivity index (χ3n) is 7.21. The van der Waals surface area contributed by atoms with Crippen LogP contribution in [0.15, 0.2) is 65.9 Å². The van der Waals surface area contributed by atoms with E-state index in [1.165, 1.54) is 0 Å². The lowest BCUT2D eigenvalue weighted by Crippen LogP contribution is -2.27. The molecule has 0 radical (unpaired) electrons. The van der Waals surface area contributed by atoms with Crippen LogP contribution in [0.2, 0.25) is 0 Å². The van der Waals surface area contributed by atoms with Gasteiger partial charge in [-0.15, -0.1) is 0 Å². The van der Waals surface area contributed by atoms with E-state index in [0.717, 1.165) is 28.2 Å². The molecule has 38 heavy (non-hydrogen) atoms. The summed E-state index contributed by atoms with van der Waals surface area (Å²) in [4.78, 5) is 13.9. The fraction of sp³-hybridized carbons (Fsp3) is 0.300. The number of ketones is 1. The van der Waals surface area contributed by atoms with Crippen molar-refractivity contribution in [1.82, 2.24) is 0 Å². The summed E-state index contributed by atoms with van der Waals surface area (Å²) in [5.74, 6) is 2.92. The van der Waals surface area contributed by atoms with Crippen molar-refractivity contribution < 1.29 is 28.5 Å². The van der Waals surface area contributed by atoms with Gasteiger partial charge in [0.1, 0.15) is 0 Å². The van der Waals surface area contributed by atoms with Gasteiger partial charge in [-0.2, -0.15) is 0 Å². The van der Waals surface area contributed by atoms with Gasteiger partial charge in [0, 0.05) is 17.7 Å². The van der Waals surface area contributed by atoms with Crippen molar-refractivity contribution in [2.45, 2.75) is 24.8 Å². The van der Waals surface area contributed by atoms with E-state index in [4.69, 9.17) is 23.7 Å². The molecule has 0 spiro atoms. The Bertz CT molecular complexity index is 1370. The number of benzene rings is 3. The molecule has 0 aromatic heterocycles. The van der Waals surface area contributed by atoms with Gasteiger partial charge in [-0.3, -0.25) is 4.79 Å². The average Bonchev–Trinajstić information content (AvgIpc) is 3.12. The van der Waals surface area contributed by atoms with Gasteiger partial charge in [-0.25, -0.2) is 0 Å². The molecule has 1 aliphatic carbocycles. The number of hydrogen-bond acceptors (Lipinski definition) is 8. The summed E-state index contributed by atoms with van der Waals surface area (Å²) in [6.07, 6.45) is 1.03. The Morgan fingerprint density at radius 3 is 1.95 bits per heavy atom. The first kappa shape index (κ1) is 25.3. The van der Waals surface area contributed by atoms with Crippen molar-refractivity contribution in [1.29, 1.82) is 0 Å². The number of para-hydroxylation sites is 2. The summed E-state index contributed by atoms with van der Waals surface area (Å²) < 4.78 is 27.7. The first-order chi connectivity index (χ1) is 18.5. The molecule has 1 heterocycles. The van der Waals surface area contributed by atoms with Gasteiger partial charge in [0.2, 0.25) is 5.75 Å². The number of carbonyl (C=O) groups is 1. The number of carbonyl (C=O) groups excluding carboxylic acids is 1. The van der Waals surface area contributed by atoms with Crippen LogP contribution in [0.3, 0.4) is 0 Å². The van der Waals surface area contributed by atoms with Crippen LogP contribution in [0.1, 0.15) is 35.9 Å². The highest BCUT2D eigenvalue weighted by molar-refractivity contribution is 6.01. The minimum atomic E-state index is -0.422. The molecule has 2 atom stereocenters. The zero-order valence-electron chi connectivity index (χ0n) is 22.2. The Kier molecular flexibility index (Phi) is 7.05. The van der Waals surface area contributed by atoms with E-state index < -0.39 is 6.04 Å². The Morgan fingerprint density at radius 2 is 1.32 bits per heavy atom. The van der Waals surface area contributed by atoms with Crippen LogP contribution in [0.25, 0.3) is 0 Å². The molecular formula is C30H32N2O6. The SMILES string of the molecule is COc1ccc(C2CC(=O)C3=C(C2)Nc2ccccc2NC3c2cc(OC)c(OC)c(OC)c2)cc1OC. The van der Waals surface area contributed by atoms with E-state index in [-0.39, 0.29) is 11.7 Å². The van der Waals surface area contributed by atoms with Crippen molar-refractivity contribution >= 4 is 17.2 Å².